The van der Waals surface area contributed by atoms with E-state index in [1.165, 1.54) is 55.7 Å². The molecule has 0 fully saturated rings. The van der Waals surface area contributed by atoms with Crippen molar-refractivity contribution in [3.05, 3.63) is 63.0 Å². The minimum absolute atomic E-state index is 0.0762. The molecule has 2 rings (SSSR count). The van der Waals surface area contributed by atoms with Crippen molar-refractivity contribution in [1.29, 1.82) is 0 Å². The molecule has 0 saturated carbocycles. The molecule has 0 aliphatic rings. The van der Waals surface area contributed by atoms with Gasteiger partial charge in [-0.1, -0.05) is 17.8 Å². The first-order valence-electron chi connectivity index (χ1n) is 7.30. The number of alkyl halides is 2. The van der Waals surface area contributed by atoms with E-state index in [9.17, 15) is 28.8 Å². The van der Waals surface area contributed by atoms with Gasteiger partial charge in [-0.2, -0.15) is 8.78 Å². The molecule has 10 heteroatoms. The Labute approximate surface area is 156 Å². The van der Waals surface area contributed by atoms with E-state index in [1.807, 2.05) is 0 Å². The average molecular weight is 397 g/mol. The number of carboxylic acids is 1. The number of carbonyl (C=O) groups is 1. The summed E-state index contributed by atoms with van der Waals surface area (Å²) in [6, 6.07) is 9.42. The molecule has 7 nitrogen and oxygen atoms in total. The number of nitrogens with zero attached hydrogens (tertiary/aromatic N) is 1. The van der Waals surface area contributed by atoms with E-state index in [1.54, 1.807) is 0 Å². The lowest BCUT2D eigenvalue weighted by molar-refractivity contribution is -0.384. The van der Waals surface area contributed by atoms with Crippen LogP contribution in [-0.2, 0) is 4.79 Å². The third-order valence-electron chi connectivity index (χ3n) is 3.19. The van der Waals surface area contributed by atoms with Crippen molar-refractivity contribution >= 4 is 29.5 Å². The first-order chi connectivity index (χ1) is 12.8. The molecule has 0 heterocycles. The van der Waals surface area contributed by atoms with Gasteiger partial charge in [-0.05, 0) is 35.9 Å². The number of carboxylic acid groups (broad SMARTS) is 1. The van der Waals surface area contributed by atoms with Crippen molar-refractivity contribution < 1.29 is 33.1 Å². The van der Waals surface area contributed by atoms with Crippen molar-refractivity contribution in [2.24, 2.45) is 0 Å². The second kappa shape index (κ2) is 8.99. The predicted molar refractivity (Wildman–Crippen MR) is 94.2 cm³/mol. The summed E-state index contributed by atoms with van der Waals surface area (Å²) in [7, 11) is 1.29. The summed E-state index contributed by atoms with van der Waals surface area (Å²) >= 11 is 0.861. The summed E-state index contributed by atoms with van der Waals surface area (Å²) in [4.78, 5) is 21.9. The van der Waals surface area contributed by atoms with Crippen LogP contribution >= 0.6 is 11.8 Å². The van der Waals surface area contributed by atoms with E-state index in [-0.39, 0.29) is 22.1 Å². The molecule has 0 amide bonds. The first-order valence-corrected chi connectivity index (χ1v) is 8.12. The molecule has 0 bridgehead atoms. The summed E-state index contributed by atoms with van der Waals surface area (Å²) in [5, 5.41) is 20.0. The summed E-state index contributed by atoms with van der Waals surface area (Å²) < 4.78 is 34.3. The Balaban J connectivity index is 2.31. The van der Waals surface area contributed by atoms with Crippen molar-refractivity contribution in [2.75, 3.05) is 7.11 Å². The third-order valence-corrected chi connectivity index (χ3v) is 4.21. The lowest BCUT2D eigenvalue weighted by Gasteiger charge is -2.10. The molecule has 0 aliphatic heterocycles. The highest BCUT2D eigenvalue weighted by Gasteiger charge is 2.14. The largest absolute Gasteiger partial charge is 0.493 e. The molecule has 0 saturated heterocycles. The van der Waals surface area contributed by atoms with Crippen molar-refractivity contribution in [1.82, 2.24) is 0 Å². The number of benzene rings is 2. The Morgan fingerprint density at radius 3 is 2.41 bits per heavy atom. The fourth-order valence-electron chi connectivity index (χ4n) is 2.02. The lowest BCUT2D eigenvalue weighted by Crippen LogP contribution is -2.04. The summed E-state index contributed by atoms with van der Waals surface area (Å²) in [5.74, 6) is -1.40. The van der Waals surface area contributed by atoms with Crippen LogP contribution in [0.25, 0.3) is 6.08 Å². The maximum Gasteiger partial charge on any atom is 0.387 e. The van der Waals surface area contributed by atoms with Gasteiger partial charge < -0.3 is 14.6 Å². The van der Waals surface area contributed by atoms with Crippen LogP contribution in [0, 0.1) is 10.1 Å². The molecule has 1 N–H and O–H groups in total. The molecule has 0 atom stereocenters. The van der Waals surface area contributed by atoms with Crippen LogP contribution in [0.5, 0.6) is 11.5 Å². The molecule has 27 heavy (non-hydrogen) atoms. The zero-order chi connectivity index (χ0) is 20.0. The van der Waals surface area contributed by atoms with Crippen LogP contribution in [0.4, 0.5) is 14.5 Å². The van der Waals surface area contributed by atoms with Gasteiger partial charge in [0.05, 0.1) is 16.9 Å². The van der Waals surface area contributed by atoms with E-state index in [0.717, 1.165) is 11.8 Å². The number of ether oxygens (including phenoxy) is 2. The van der Waals surface area contributed by atoms with Gasteiger partial charge in [0.2, 0.25) is 0 Å². The second-order valence-corrected chi connectivity index (χ2v) is 6.07. The maximum atomic E-state index is 12.5. The van der Waals surface area contributed by atoms with Gasteiger partial charge in [-0.3, -0.25) is 10.1 Å². The summed E-state index contributed by atoms with van der Waals surface area (Å²) in [6.45, 7) is -3.06. The van der Waals surface area contributed by atoms with Crippen molar-refractivity contribution in [3.8, 4) is 11.5 Å². The predicted octanol–water partition coefficient (Wildman–Crippen LogP) is 4.42. The van der Waals surface area contributed by atoms with E-state index in [2.05, 4.69) is 4.74 Å². The van der Waals surface area contributed by atoms with Gasteiger partial charge >= 0.3 is 12.6 Å². The number of hydrogen-bond acceptors (Lipinski definition) is 6. The van der Waals surface area contributed by atoms with Gasteiger partial charge in [0.15, 0.2) is 11.5 Å². The molecule has 0 unspecified atom stereocenters. The highest BCUT2D eigenvalue weighted by molar-refractivity contribution is 8.04. The average Bonchev–Trinajstić information content (AvgIpc) is 2.61. The van der Waals surface area contributed by atoms with E-state index >= 15 is 0 Å². The van der Waals surface area contributed by atoms with Crippen LogP contribution in [0.2, 0.25) is 0 Å². The third kappa shape index (κ3) is 5.68. The molecular weight excluding hydrogens is 384 g/mol. The van der Waals surface area contributed by atoms with Crippen molar-refractivity contribution in [2.45, 2.75) is 11.5 Å². The number of thioether (sulfide) groups is 1. The van der Waals surface area contributed by atoms with Crippen molar-refractivity contribution in [3.63, 3.8) is 0 Å². The van der Waals surface area contributed by atoms with Gasteiger partial charge in [0, 0.05) is 17.0 Å². The van der Waals surface area contributed by atoms with E-state index in [0.29, 0.717) is 10.5 Å². The quantitative estimate of drug-likeness (QED) is 0.305. The SMILES string of the molecule is COc1ccc(/C=C(/Sc2ccc([N+](=O)[O-])cc2)C(=O)O)cc1OC(F)F. The van der Waals surface area contributed by atoms with Crippen LogP contribution in [0.15, 0.2) is 52.3 Å². The summed E-state index contributed by atoms with van der Waals surface area (Å²) in [5.41, 5.74) is 0.183. The van der Waals surface area contributed by atoms with Gasteiger partial charge in [-0.15, -0.1) is 0 Å². The van der Waals surface area contributed by atoms with Gasteiger partial charge in [-0.25, -0.2) is 4.79 Å². The molecule has 0 aromatic heterocycles. The van der Waals surface area contributed by atoms with Crippen LogP contribution in [0.3, 0.4) is 0 Å². The number of methoxy groups -OCH3 is 1. The monoisotopic (exact) mass is 397 g/mol. The maximum absolute atomic E-state index is 12.5. The highest BCUT2D eigenvalue weighted by atomic mass is 32.2. The Morgan fingerprint density at radius 2 is 1.89 bits per heavy atom. The lowest BCUT2D eigenvalue weighted by atomic mass is 10.2. The molecule has 0 spiro atoms. The van der Waals surface area contributed by atoms with E-state index in [4.69, 9.17) is 4.74 Å². The van der Waals surface area contributed by atoms with Gasteiger partial charge in [0.1, 0.15) is 0 Å². The number of aliphatic carboxylic acids is 1. The zero-order valence-electron chi connectivity index (χ0n) is 13.8. The normalized spacial score (nSPS) is 11.3. The fraction of sp³-hybridized carbons (Fsp3) is 0.118. The fourth-order valence-corrected chi connectivity index (χ4v) is 2.83. The minimum Gasteiger partial charge on any atom is -0.493 e. The molecule has 142 valence electrons. The molecule has 0 aliphatic carbocycles. The Kier molecular flexibility index (Phi) is 6.72. The zero-order valence-corrected chi connectivity index (χ0v) is 14.6. The number of rotatable bonds is 8. The number of non-ortho nitro benzene ring substituents is 1. The van der Waals surface area contributed by atoms with Crippen LogP contribution < -0.4 is 9.47 Å². The first kappa shape index (κ1) is 20.2. The molecular formula is C17H13F2NO6S. The van der Waals surface area contributed by atoms with Crippen LogP contribution in [-0.4, -0.2) is 29.7 Å². The van der Waals surface area contributed by atoms with Gasteiger partial charge in [0.25, 0.3) is 5.69 Å². The molecule has 0 radical (unpaired) electrons. The molecule has 2 aromatic rings. The number of halogens is 2. The number of nitro groups is 1. The Bertz CT molecular complexity index is 870. The van der Waals surface area contributed by atoms with Crippen LogP contribution in [0.1, 0.15) is 5.56 Å². The highest BCUT2D eigenvalue weighted by Crippen LogP contribution is 2.33. The standard InChI is InChI=1S/C17H13F2NO6S/c1-25-13-7-2-10(8-14(13)26-17(18)19)9-15(16(21)22)27-12-5-3-11(4-6-12)20(23)24/h2-9,17H,1H3,(H,21,22)/b15-9+. The summed E-state index contributed by atoms with van der Waals surface area (Å²) in [6.07, 6.45) is 1.27. The smallest absolute Gasteiger partial charge is 0.387 e. The minimum atomic E-state index is -3.06. The Morgan fingerprint density at radius 1 is 1.22 bits per heavy atom. The second-order valence-electron chi connectivity index (χ2n) is 4.96. The Hall–Kier alpha value is -3.14. The number of nitro benzene ring substituents is 1. The topological polar surface area (TPSA) is 98.9 Å². The number of hydrogen-bond donors (Lipinski definition) is 1. The molecule has 2 aromatic carbocycles. The van der Waals surface area contributed by atoms with E-state index < -0.39 is 17.5 Å².